The topological polar surface area (TPSA) is 90.3 Å². The van der Waals surface area contributed by atoms with E-state index < -0.39 is 5.91 Å². The van der Waals surface area contributed by atoms with Gasteiger partial charge in [-0.3, -0.25) is 14.4 Å². The molecule has 142 valence electrons. The summed E-state index contributed by atoms with van der Waals surface area (Å²) in [7, 11) is 1.58. The molecule has 7 heteroatoms. The smallest absolute Gasteiger partial charge is 0.267 e. The first-order valence-electron chi connectivity index (χ1n) is 8.60. The molecule has 0 aliphatic heterocycles. The predicted octanol–water partition coefficient (Wildman–Crippen LogP) is 2.76. The molecule has 0 unspecified atom stereocenters. The lowest BCUT2D eigenvalue weighted by atomic mass is 10.1. The summed E-state index contributed by atoms with van der Waals surface area (Å²) in [6, 6.07) is 16.8. The molecule has 2 aromatic carbocycles. The fourth-order valence-corrected chi connectivity index (χ4v) is 2.60. The number of ether oxygens (including phenoxy) is 1. The number of carbonyl (C=O) groups is 2. The first kappa shape index (κ1) is 19.0. The van der Waals surface area contributed by atoms with Gasteiger partial charge in [0.1, 0.15) is 12.3 Å². The van der Waals surface area contributed by atoms with Crippen LogP contribution in [0.4, 0.5) is 5.69 Å². The first-order chi connectivity index (χ1) is 13.5. The SMILES string of the molecule is COc1ccc(-c2ccc(=O)n(CC(=O)Nc3ccc(C(C)=O)cc3)n2)cc1. The van der Waals surface area contributed by atoms with Gasteiger partial charge in [0.25, 0.3) is 5.56 Å². The van der Waals surface area contributed by atoms with Crippen molar-refractivity contribution in [3.05, 3.63) is 76.6 Å². The average molecular weight is 377 g/mol. The summed E-state index contributed by atoms with van der Waals surface area (Å²) in [5, 5.41) is 6.97. The Hall–Kier alpha value is -3.74. The summed E-state index contributed by atoms with van der Waals surface area (Å²) in [6.07, 6.45) is 0. The summed E-state index contributed by atoms with van der Waals surface area (Å²) in [5.74, 6) is 0.272. The Bertz CT molecular complexity index is 1050. The number of aromatic nitrogens is 2. The minimum absolute atomic E-state index is 0.0519. The van der Waals surface area contributed by atoms with Crippen molar-refractivity contribution < 1.29 is 14.3 Å². The average Bonchev–Trinajstić information content (AvgIpc) is 2.70. The zero-order chi connectivity index (χ0) is 20.1. The highest BCUT2D eigenvalue weighted by Crippen LogP contribution is 2.19. The third-order valence-electron chi connectivity index (χ3n) is 4.12. The third-order valence-corrected chi connectivity index (χ3v) is 4.12. The number of amides is 1. The molecule has 1 heterocycles. The van der Waals surface area contributed by atoms with Gasteiger partial charge in [0, 0.05) is 22.9 Å². The lowest BCUT2D eigenvalue weighted by Crippen LogP contribution is -2.29. The van der Waals surface area contributed by atoms with E-state index in [0.29, 0.717) is 22.7 Å². The van der Waals surface area contributed by atoms with Crippen molar-refractivity contribution in [1.29, 1.82) is 0 Å². The van der Waals surface area contributed by atoms with Crippen LogP contribution in [0.1, 0.15) is 17.3 Å². The lowest BCUT2D eigenvalue weighted by Gasteiger charge is -2.09. The predicted molar refractivity (Wildman–Crippen MR) is 106 cm³/mol. The molecule has 28 heavy (non-hydrogen) atoms. The van der Waals surface area contributed by atoms with Gasteiger partial charge in [-0.1, -0.05) is 0 Å². The number of nitrogens with zero attached hydrogens (tertiary/aromatic N) is 2. The molecule has 1 N–H and O–H groups in total. The zero-order valence-corrected chi connectivity index (χ0v) is 15.5. The quantitative estimate of drug-likeness (QED) is 0.667. The van der Waals surface area contributed by atoms with Crippen LogP contribution in [0.15, 0.2) is 65.5 Å². The number of nitrogens with one attached hydrogen (secondary N) is 1. The molecule has 0 aliphatic carbocycles. The molecule has 3 rings (SSSR count). The molecule has 0 bridgehead atoms. The maximum atomic E-state index is 12.3. The normalized spacial score (nSPS) is 10.4. The van der Waals surface area contributed by atoms with E-state index in [1.54, 1.807) is 49.6 Å². The van der Waals surface area contributed by atoms with Gasteiger partial charge in [-0.05, 0) is 61.5 Å². The Morgan fingerprint density at radius 1 is 1.00 bits per heavy atom. The molecule has 7 nitrogen and oxygen atoms in total. The van der Waals surface area contributed by atoms with Crippen molar-refractivity contribution in [3.63, 3.8) is 0 Å². The highest BCUT2D eigenvalue weighted by Gasteiger charge is 2.09. The maximum absolute atomic E-state index is 12.3. The van der Waals surface area contributed by atoms with Gasteiger partial charge in [-0.15, -0.1) is 0 Å². The highest BCUT2D eigenvalue weighted by molar-refractivity contribution is 5.95. The van der Waals surface area contributed by atoms with Crippen LogP contribution in [-0.4, -0.2) is 28.6 Å². The second-order valence-corrected chi connectivity index (χ2v) is 6.12. The van der Waals surface area contributed by atoms with Crippen molar-refractivity contribution >= 4 is 17.4 Å². The van der Waals surface area contributed by atoms with Crippen LogP contribution in [-0.2, 0) is 11.3 Å². The number of hydrogen-bond acceptors (Lipinski definition) is 5. The van der Waals surface area contributed by atoms with Crippen molar-refractivity contribution in [3.8, 4) is 17.0 Å². The Morgan fingerprint density at radius 2 is 1.68 bits per heavy atom. The van der Waals surface area contributed by atoms with Crippen LogP contribution >= 0.6 is 0 Å². The molecular weight excluding hydrogens is 358 g/mol. The molecule has 0 saturated heterocycles. The second-order valence-electron chi connectivity index (χ2n) is 6.12. The molecule has 0 radical (unpaired) electrons. The number of methoxy groups -OCH3 is 1. The molecule has 0 atom stereocenters. The summed E-state index contributed by atoms with van der Waals surface area (Å²) in [4.78, 5) is 35.7. The highest BCUT2D eigenvalue weighted by atomic mass is 16.5. The summed E-state index contributed by atoms with van der Waals surface area (Å²) in [5.41, 5.74) is 2.09. The van der Waals surface area contributed by atoms with Crippen molar-refractivity contribution in [2.24, 2.45) is 0 Å². The van der Waals surface area contributed by atoms with Gasteiger partial charge in [-0.25, -0.2) is 4.68 Å². The van der Waals surface area contributed by atoms with E-state index in [4.69, 9.17) is 4.74 Å². The molecule has 0 spiro atoms. The van der Waals surface area contributed by atoms with Crippen LogP contribution in [0, 0.1) is 0 Å². The Balaban J connectivity index is 1.74. The molecule has 0 saturated carbocycles. The van der Waals surface area contributed by atoms with Crippen LogP contribution < -0.4 is 15.6 Å². The number of hydrogen-bond donors (Lipinski definition) is 1. The van der Waals surface area contributed by atoms with E-state index in [1.807, 2.05) is 12.1 Å². The zero-order valence-electron chi connectivity index (χ0n) is 15.5. The van der Waals surface area contributed by atoms with E-state index in [1.165, 1.54) is 13.0 Å². The van der Waals surface area contributed by atoms with Gasteiger partial charge in [0.2, 0.25) is 5.91 Å². The van der Waals surface area contributed by atoms with Gasteiger partial charge in [0.05, 0.1) is 12.8 Å². The Kier molecular flexibility index (Phi) is 5.64. The Labute approximate surface area is 161 Å². The molecular formula is C21H19N3O4. The summed E-state index contributed by atoms with van der Waals surface area (Å²) >= 11 is 0. The summed E-state index contributed by atoms with van der Waals surface area (Å²) < 4.78 is 6.24. The van der Waals surface area contributed by atoms with Crippen molar-refractivity contribution in [2.45, 2.75) is 13.5 Å². The standard InChI is InChI=1S/C21H19N3O4/c1-14(25)15-3-7-17(8-4-15)22-20(26)13-24-21(27)12-11-19(23-24)16-5-9-18(28-2)10-6-16/h3-12H,13H2,1-2H3,(H,22,26). The molecule has 3 aromatic rings. The molecule has 0 fully saturated rings. The van der Waals surface area contributed by atoms with Crippen LogP contribution in [0.2, 0.25) is 0 Å². The minimum Gasteiger partial charge on any atom is -0.497 e. The van der Waals surface area contributed by atoms with Gasteiger partial charge in [-0.2, -0.15) is 5.10 Å². The van der Waals surface area contributed by atoms with Crippen LogP contribution in [0.25, 0.3) is 11.3 Å². The van der Waals surface area contributed by atoms with E-state index in [-0.39, 0.29) is 17.9 Å². The monoisotopic (exact) mass is 377 g/mol. The van der Waals surface area contributed by atoms with E-state index in [2.05, 4.69) is 10.4 Å². The van der Waals surface area contributed by atoms with Crippen LogP contribution in [0.5, 0.6) is 5.75 Å². The molecule has 0 aliphatic rings. The van der Waals surface area contributed by atoms with E-state index >= 15 is 0 Å². The fourth-order valence-electron chi connectivity index (χ4n) is 2.60. The van der Waals surface area contributed by atoms with Crippen molar-refractivity contribution in [1.82, 2.24) is 9.78 Å². The lowest BCUT2D eigenvalue weighted by molar-refractivity contribution is -0.117. The number of anilines is 1. The fraction of sp³-hybridized carbons (Fsp3) is 0.143. The Morgan fingerprint density at radius 3 is 2.29 bits per heavy atom. The minimum atomic E-state index is -0.392. The largest absolute Gasteiger partial charge is 0.497 e. The van der Waals surface area contributed by atoms with Gasteiger partial charge in [0.15, 0.2) is 5.78 Å². The number of benzene rings is 2. The second kappa shape index (κ2) is 8.30. The molecule has 1 aromatic heterocycles. The molecule has 1 amide bonds. The summed E-state index contributed by atoms with van der Waals surface area (Å²) in [6.45, 7) is 1.25. The number of ketones is 1. The number of Topliss-reactive ketones (excluding diaryl/α,β-unsaturated/α-hetero) is 1. The van der Waals surface area contributed by atoms with E-state index in [0.717, 1.165) is 10.2 Å². The maximum Gasteiger partial charge on any atom is 0.267 e. The number of rotatable bonds is 6. The van der Waals surface area contributed by atoms with Gasteiger partial charge >= 0.3 is 0 Å². The van der Waals surface area contributed by atoms with Gasteiger partial charge < -0.3 is 10.1 Å². The van der Waals surface area contributed by atoms with Crippen molar-refractivity contribution in [2.75, 3.05) is 12.4 Å². The number of carbonyl (C=O) groups excluding carboxylic acids is 2. The van der Waals surface area contributed by atoms with Crippen LogP contribution in [0.3, 0.4) is 0 Å². The van der Waals surface area contributed by atoms with E-state index in [9.17, 15) is 14.4 Å². The third kappa shape index (κ3) is 4.50. The first-order valence-corrected chi connectivity index (χ1v) is 8.60.